The summed E-state index contributed by atoms with van der Waals surface area (Å²) in [6, 6.07) is 0.483. The van der Waals surface area contributed by atoms with Gasteiger partial charge in [-0.2, -0.15) is 13.2 Å². The van der Waals surface area contributed by atoms with Crippen LogP contribution in [0.4, 0.5) is 13.2 Å². The summed E-state index contributed by atoms with van der Waals surface area (Å²) >= 11 is 0. The molecule has 16 heavy (non-hydrogen) atoms. The molecule has 2 atom stereocenters. The lowest BCUT2D eigenvalue weighted by molar-refractivity contribution is -0.150. The first-order valence-corrected chi connectivity index (χ1v) is 5.94. The van der Waals surface area contributed by atoms with Crippen LogP contribution >= 0.6 is 0 Å². The van der Waals surface area contributed by atoms with Crippen LogP contribution in [0.1, 0.15) is 32.6 Å². The fraction of sp³-hybridized carbons (Fsp3) is 1.00. The first-order valence-electron chi connectivity index (χ1n) is 5.94. The zero-order chi connectivity index (χ0) is 12.2. The standard InChI is InChI=1S/C11H21F3N2/c1-3-6-16(8-11(12,13)14)10-5-4-9(7-10)15-2/h9-10,15H,3-8H2,1-2H3. The van der Waals surface area contributed by atoms with Crippen LogP contribution in [0.3, 0.4) is 0 Å². The second-order valence-corrected chi connectivity index (χ2v) is 4.54. The van der Waals surface area contributed by atoms with Gasteiger partial charge < -0.3 is 5.32 Å². The Labute approximate surface area is 95.2 Å². The summed E-state index contributed by atoms with van der Waals surface area (Å²) in [5.74, 6) is 0. The van der Waals surface area contributed by atoms with E-state index in [4.69, 9.17) is 0 Å². The molecule has 0 heterocycles. The van der Waals surface area contributed by atoms with Crippen LogP contribution in [-0.2, 0) is 0 Å². The summed E-state index contributed by atoms with van der Waals surface area (Å²) in [7, 11) is 1.88. The van der Waals surface area contributed by atoms with E-state index in [1.165, 1.54) is 0 Å². The van der Waals surface area contributed by atoms with E-state index in [1.54, 1.807) is 4.90 Å². The van der Waals surface area contributed by atoms with Crippen LogP contribution in [0.15, 0.2) is 0 Å². The van der Waals surface area contributed by atoms with Crippen LogP contribution in [0.25, 0.3) is 0 Å². The Hall–Kier alpha value is -0.290. The van der Waals surface area contributed by atoms with Gasteiger partial charge in [0, 0.05) is 12.1 Å². The number of nitrogens with zero attached hydrogens (tertiary/aromatic N) is 1. The average Bonchev–Trinajstić information content (AvgIpc) is 2.63. The fourth-order valence-corrected chi connectivity index (χ4v) is 2.46. The summed E-state index contributed by atoms with van der Waals surface area (Å²) < 4.78 is 37.2. The molecule has 1 rings (SSSR count). The molecule has 0 aromatic rings. The summed E-state index contributed by atoms with van der Waals surface area (Å²) in [6.45, 7) is 1.70. The minimum Gasteiger partial charge on any atom is -0.317 e. The van der Waals surface area contributed by atoms with Gasteiger partial charge in [0.2, 0.25) is 0 Å². The highest BCUT2D eigenvalue weighted by atomic mass is 19.4. The van der Waals surface area contributed by atoms with Crippen molar-refractivity contribution in [2.24, 2.45) is 0 Å². The molecule has 0 spiro atoms. The van der Waals surface area contributed by atoms with Crippen molar-refractivity contribution >= 4 is 0 Å². The molecule has 0 aromatic carbocycles. The Balaban J connectivity index is 2.50. The van der Waals surface area contributed by atoms with Crippen LogP contribution in [0, 0.1) is 0 Å². The zero-order valence-corrected chi connectivity index (χ0v) is 9.98. The van der Waals surface area contributed by atoms with Gasteiger partial charge in [0.1, 0.15) is 0 Å². The molecule has 0 aliphatic heterocycles. The van der Waals surface area contributed by atoms with E-state index in [1.807, 2.05) is 14.0 Å². The predicted molar refractivity (Wildman–Crippen MR) is 58.4 cm³/mol. The maximum atomic E-state index is 12.4. The molecule has 5 heteroatoms. The predicted octanol–water partition coefficient (Wildman–Crippen LogP) is 2.40. The second kappa shape index (κ2) is 5.87. The lowest BCUT2D eigenvalue weighted by Crippen LogP contribution is -2.41. The highest BCUT2D eigenvalue weighted by molar-refractivity contribution is 4.86. The van der Waals surface area contributed by atoms with E-state index in [2.05, 4.69) is 5.32 Å². The molecule has 1 N–H and O–H groups in total. The molecular weight excluding hydrogens is 217 g/mol. The molecule has 2 unspecified atom stereocenters. The van der Waals surface area contributed by atoms with Crippen molar-refractivity contribution in [3.63, 3.8) is 0 Å². The SMILES string of the molecule is CCCN(CC(F)(F)F)C1CCC(NC)C1. The molecule has 2 nitrogen and oxygen atoms in total. The molecule has 0 radical (unpaired) electrons. The first kappa shape index (κ1) is 13.8. The molecule has 1 fully saturated rings. The maximum Gasteiger partial charge on any atom is 0.401 e. The van der Waals surface area contributed by atoms with Crippen molar-refractivity contribution in [3.8, 4) is 0 Å². The van der Waals surface area contributed by atoms with Gasteiger partial charge in [0.25, 0.3) is 0 Å². The van der Waals surface area contributed by atoms with E-state index >= 15 is 0 Å². The third-order valence-corrected chi connectivity index (χ3v) is 3.22. The van der Waals surface area contributed by atoms with Crippen molar-refractivity contribution in [1.29, 1.82) is 0 Å². The van der Waals surface area contributed by atoms with Crippen molar-refractivity contribution < 1.29 is 13.2 Å². The summed E-state index contributed by atoms with van der Waals surface area (Å²) in [5.41, 5.74) is 0. The van der Waals surface area contributed by atoms with Crippen molar-refractivity contribution in [3.05, 3.63) is 0 Å². The normalized spacial score (nSPS) is 26.6. The van der Waals surface area contributed by atoms with Gasteiger partial charge in [0.05, 0.1) is 6.54 Å². The number of nitrogens with one attached hydrogen (secondary N) is 1. The van der Waals surface area contributed by atoms with Crippen LogP contribution in [-0.4, -0.2) is 43.3 Å². The Morgan fingerprint density at radius 3 is 2.44 bits per heavy atom. The van der Waals surface area contributed by atoms with E-state index in [-0.39, 0.29) is 6.04 Å². The molecule has 1 aliphatic carbocycles. The van der Waals surface area contributed by atoms with E-state index in [9.17, 15) is 13.2 Å². The monoisotopic (exact) mass is 238 g/mol. The number of hydrogen-bond acceptors (Lipinski definition) is 2. The van der Waals surface area contributed by atoms with Gasteiger partial charge in [-0.05, 0) is 39.3 Å². The number of hydrogen-bond donors (Lipinski definition) is 1. The van der Waals surface area contributed by atoms with Crippen LogP contribution in [0.5, 0.6) is 0 Å². The van der Waals surface area contributed by atoms with Crippen LogP contribution in [0.2, 0.25) is 0 Å². The quantitative estimate of drug-likeness (QED) is 0.791. The molecular formula is C11H21F3N2. The largest absolute Gasteiger partial charge is 0.401 e. The molecule has 0 amide bonds. The number of halogens is 3. The first-order chi connectivity index (χ1) is 7.46. The van der Waals surface area contributed by atoms with E-state index < -0.39 is 12.7 Å². The minimum absolute atomic E-state index is 0.0963. The molecule has 0 aromatic heterocycles. The van der Waals surface area contributed by atoms with Crippen molar-refractivity contribution in [2.45, 2.75) is 50.9 Å². The zero-order valence-electron chi connectivity index (χ0n) is 9.98. The van der Waals surface area contributed by atoms with E-state index in [0.29, 0.717) is 12.6 Å². The van der Waals surface area contributed by atoms with Gasteiger partial charge >= 0.3 is 6.18 Å². The summed E-state index contributed by atoms with van der Waals surface area (Å²) in [4.78, 5) is 1.59. The van der Waals surface area contributed by atoms with Gasteiger partial charge in [0.15, 0.2) is 0 Å². The van der Waals surface area contributed by atoms with Crippen molar-refractivity contribution in [1.82, 2.24) is 10.2 Å². The second-order valence-electron chi connectivity index (χ2n) is 4.54. The van der Waals surface area contributed by atoms with Crippen molar-refractivity contribution in [2.75, 3.05) is 20.1 Å². The highest BCUT2D eigenvalue weighted by Crippen LogP contribution is 2.27. The Bertz CT molecular complexity index is 206. The lowest BCUT2D eigenvalue weighted by Gasteiger charge is -2.29. The Kier molecular flexibility index (Phi) is 5.05. The fourth-order valence-electron chi connectivity index (χ4n) is 2.46. The van der Waals surface area contributed by atoms with Gasteiger partial charge in [-0.1, -0.05) is 6.92 Å². The smallest absolute Gasteiger partial charge is 0.317 e. The summed E-state index contributed by atoms with van der Waals surface area (Å²) in [5, 5.41) is 3.15. The number of rotatable bonds is 5. The number of alkyl halides is 3. The van der Waals surface area contributed by atoms with Crippen LogP contribution < -0.4 is 5.32 Å². The molecule has 1 aliphatic rings. The lowest BCUT2D eigenvalue weighted by atomic mass is 10.2. The topological polar surface area (TPSA) is 15.3 Å². The third kappa shape index (κ3) is 4.29. The van der Waals surface area contributed by atoms with E-state index in [0.717, 1.165) is 25.7 Å². The Morgan fingerprint density at radius 1 is 1.31 bits per heavy atom. The summed E-state index contributed by atoms with van der Waals surface area (Å²) in [6.07, 6.45) is -0.600. The molecule has 0 bridgehead atoms. The minimum atomic E-state index is -4.08. The maximum absolute atomic E-state index is 12.4. The average molecular weight is 238 g/mol. The molecule has 96 valence electrons. The molecule has 0 saturated heterocycles. The third-order valence-electron chi connectivity index (χ3n) is 3.22. The highest BCUT2D eigenvalue weighted by Gasteiger charge is 2.36. The van der Waals surface area contributed by atoms with Gasteiger partial charge in [-0.15, -0.1) is 0 Å². The molecule has 1 saturated carbocycles. The van der Waals surface area contributed by atoms with Gasteiger partial charge in [-0.3, -0.25) is 4.90 Å². The Morgan fingerprint density at radius 2 is 2.00 bits per heavy atom. The van der Waals surface area contributed by atoms with Gasteiger partial charge in [-0.25, -0.2) is 0 Å².